The maximum absolute atomic E-state index is 12.0. The van der Waals surface area contributed by atoms with Gasteiger partial charge in [0.05, 0.1) is 5.54 Å². The molecular weight excluding hydrogens is 284 g/mol. The standard InChI is InChI=1S/C16H34N2O2S/c1-7-16(8-2,13-17-11-10-12-21-9-3)18-14(19)20-15(4,5)6/h17H,7-13H2,1-6H3,(H,18,19). The van der Waals surface area contributed by atoms with Crippen molar-refractivity contribution in [2.24, 2.45) is 0 Å². The molecule has 0 aliphatic rings. The molecule has 0 saturated heterocycles. The van der Waals surface area contributed by atoms with Gasteiger partial charge in [0.2, 0.25) is 0 Å². The number of rotatable bonds is 10. The molecule has 0 fully saturated rings. The number of hydrogen-bond acceptors (Lipinski definition) is 4. The third kappa shape index (κ3) is 10.0. The Kier molecular flexibility index (Phi) is 10.1. The molecule has 0 rings (SSSR count). The second-order valence-electron chi connectivity index (χ2n) is 6.34. The molecule has 0 spiro atoms. The number of carbonyl (C=O) groups excluding carboxylic acids is 1. The molecule has 4 nitrogen and oxygen atoms in total. The van der Waals surface area contributed by atoms with E-state index in [1.807, 2.05) is 32.5 Å². The van der Waals surface area contributed by atoms with Crippen LogP contribution in [0.1, 0.15) is 60.8 Å². The normalized spacial score (nSPS) is 12.3. The lowest BCUT2D eigenvalue weighted by molar-refractivity contribution is 0.0446. The highest BCUT2D eigenvalue weighted by atomic mass is 32.2. The zero-order valence-electron chi connectivity index (χ0n) is 14.7. The van der Waals surface area contributed by atoms with E-state index >= 15 is 0 Å². The minimum Gasteiger partial charge on any atom is -0.444 e. The summed E-state index contributed by atoms with van der Waals surface area (Å²) < 4.78 is 5.38. The Bertz CT molecular complexity index is 286. The second-order valence-corrected chi connectivity index (χ2v) is 7.74. The van der Waals surface area contributed by atoms with Gasteiger partial charge in [-0.05, 0) is 58.1 Å². The highest BCUT2D eigenvalue weighted by Gasteiger charge is 2.29. The number of nitrogens with one attached hydrogen (secondary N) is 2. The molecule has 2 N–H and O–H groups in total. The SMILES string of the molecule is CCSCCCNCC(CC)(CC)NC(=O)OC(C)(C)C. The van der Waals surface area contributed by atoms with E-state index in [9.17, 15) is 4.79 Å². The molecule has 0 aliphatic carbocycles. The molecule has 0 radical (unpaired) electrons. The Morgan fingerprint density at radius 3 is 2.24 bits per heavy atom. The van der Waals surface area contributed by atoms with Gasteiger partial charge in [-0.3, -0.25) is 0 Å². The lowest BCUT2D eigenvalue weighted by Gasteiger charge is -2.34. The molecule has 1 amide bonds. The first-order chi connectivity index (χ1) is 9.78. The molecule has 0 aliphatic heterocycles. The van der Waals surface area contributed by atoms with Crippen LogP contribution in [0.5, 0.6) is 0 Å². The third-order valence-corrected chi connectivity index (χ3v) is 4.42. The summed E-state index contributed by atoms with van der Waals surface area (Å²) >= 11 is 1.96. The zero-order valence-corrected chi connectivity index (χ0v) is 15.5. The quantitative estimate of drug-likeness (QED) is 0.602. The Hall–Kier alpha value is -0.420. The third-order valence-electron chi connectivity index (χ3n) is 3.43. The fourth-order valence-corrected chi connectivity index (χ4v) is 2.65. The Morgan fingerprint density at radius 2 is 1.76 bits per heavy atom. The van der Waals surface area contributed by atoms with Crippen LogP contribution in [0, 0.1) is 0 Å². The van der Waals surface area contributed by atoms with Crippen molar-refractivity contribution in [3.8, 4) is 0 Å². The summed E-state index contributed by atoms with van der Waals surface area (Å²) in [6.07, 6.45) is 2.61. The number of ether oxygens (including phenoxy) is 1. The predicted octanol–water partition coefficient (Wildman–Crippen LogP) is 3.80. The van der Waals surface area contributed by atoms with Crippen molar-refractivity contribution in [1.29, 1.82) is 0 Å². The summed E-state index contributed by atoms with van der Waals surface area (Å²) in [6, 6.07) is 0. The fraction of sp³-hybridized carbons (Fsp3) is 0.938. The highest BCUT2D eigenvalue weighted by Crippen LogP contribution is 2.16. The van der Waals surface area contributed by atoms with Gasteiger partial charge in [-0.25, -0.2) is 4.79 Å². The van der Waals surface area contributed by atoms with Crippen LogP contribution < -0.4 is 10.6 Å². The molecule has 21 heavy (non-hydrogen) atoms. The minimum absolute atomic E-state index is 0.222. The predicted molar refractivity (Wildman–Crippen MR) is 93.2 cm³/mol. The first kappa shape index (κ1) is 20.6. The lowest BCUT2D eigenvalue weighted by Crippen LogP contribution is -2.55. The van der Waals surface area contributed by atoms with E-state index in [2.05, 4.69) is 31.4 Å². The van der Waals surface area contributed by atoms with Crippen LogP contribution >= 0.6 is 11.8 Å². The summed E-state index contributed by atoms with van der Waals surface area (Å²) in [5, 5.41) is 6.53. The minimum atomic E-state index is -0.456. The first-order valence-electron chi connectivity index (χ1n) is 8.08. The van der Waals surface area contributed by atoms with Gasteiger partial charge in [0.25, 0.3) is 0 Å². The fourth-order valence-electron chi connectivity index (χ4n) is 2.01. The zero-order chi connectivity index (χ0) is 16.4. The van der Waals surface area contributed by atoms with E-state index < -0.39 is 5.60 Å². The summed E-state index contributed by atoms with van der Waals surface area (Å²) in [7, 11) is 0. The van der Waals surface area contributed by atoms with E-state index in [4.69, 9.17) is 4.74 Å². The van der Waals surface area contributed by atoms with Crippen LogP contribution in [0.4, 0.5) is 4.79 Å². The molecule has 0 atom stereocenters. The molecule has 126 valence electrons. The maximum atomic E-state index is 12.0. The van der Waals surface area contributed by atoms with Gasteiger partial charge in [0.1, 0.15) is 5.60 Å². The summed E-state index contributed by atoms with van der Waals surface area (Å²) in [5.41, 5.74) is -0.678. The molecule has 0 unspecified atom stereocenters. The van der Waals surface area contributed by atoms with E-state index in [0.717, 1.165) is 32.4 Å². The number of thioether (sulfide) groups is 1. The van der Waals surface area contributed by atoms with Gasteiger partial charge in [-0.2, -0.15) is 11.8 Å². The average molecular weight is 319 g/mol. The molecule has 0 aromatic carbocycles. The number of amides is 1. The number of carbonyl (C=O) groups is 1. The molecule has 0 aromatic rings. The number of alkyl carbamates (subject to hydrolysis) is 1. The van der Waals surface area contributed by atoms with E-state index in [1.165, 1.54) is 11.5 Å². The maximum Gasteiger partial charge on any atom is 0.408 e. The highest BCUT2D eigenvalue weighted by molar-refractivity contribution is 7.99. The van der Waals surface area contributed by atoms with Crippen molar-refractivity contribution in [3.05, 3.63) is 0 Å². The molecule has 0 heterocycles. The Morgan fingerprint density at radius 1 is 1.14 bits per heavy atom. The first-order valence-corrected chi connectivity index (χ1v) is 9.23. The lowest BCUT2D eigenvalue weighted by atomic mass is 9.93. The largest absolute Gasteiger partial charge is 0.444 e. The molecular formula is C16H34N2O2S. The van der Waals surface area contributed by atoms with Crippen molar-refractivity contribution in [2.75, 3.05) is 24.6 Å². The average Bonchev–Trinajstić information content (AvgIpc) is 2.39. The topological polar surface area (TPSA) is 50.4 Å². The van der Waals surface area contributed by atoms with Gasteiger partial charge >= 0.3 is 6.09 Å². The van der Waals surface area contributed by atoms with Crippen molar-refractivity contribution in [1.82, 2.24) is 10.6 Å². The van der Waals surface area contributed by atoms with E-state index in [1.54, 1.807) is 0 Å². The van der Waals surface area contributed by atoms with Crippen molar-refractivity contribution >= 4 is 17.9 Å². The van der Waals surface area contributed by atoms with Crippen LogP contribution in [0.2, 0.25) is 0 Å². The molecule has 0 aromatic heterocycles. The molecule has 0 bridgehead atoms. The van der Waals surface area contributed by atoms with Crippen LogP contribution in [0.3, 0.4) is 0 Å². The van der Waals surface area contributed by atoms with Crippen LogP contribution in [-0.4, -0.2) is 41.8 Å². The number of hydrogen-bond donors (Lipinski definition) is 2. The molecule has 0 saturated carbocycles. The summed E-state index contributed by atoms with van der Waals surface area (Å²) in [4.78, 5) is 12.0. The van der Waals surface area contributed by atoms with Gasteiger partial charge in [-0.1, -0.05) is 20.8 Å². The van der Waals surface area contributed by atoms with Crippen molar-refractivity contribution in [3.63, 3.8) is 0 Å². The van der Waals surface area contributed by atoms with Crippen LogP contribution in [0.15, 0.2) is 0 Å². The van der Waals surface area contributed by atoms with Crippen LogP contribution in [-0.2, 0) is 4.74 Å². The van der Waals surface area contributed by atoms with E-state index in [-0.39, 0.29) is 11.6 Å². The van der Waals surface area contributed by atoms with Gasteiger partial charge in [0, 0.05) is 6.54 Å². The van der Waals surface area contributed by atoms with E-state index in [0.29, 0.717) is 0 Å². The van der Waals surface area contributed by atoms with Gasteiger partial charge in [0.15, 0.2) is 0 Å². The summed E-state index contributed by atoms with van der Waals surface area (Å²) in [5.74, 6) is 2.36. The van der Waals surface area contributed by atoms with Crippen molar-refractivity contribution in [2.45, 2.75) is 71.9 Å². The summed E-state index contributed by atoms with van der Waals surface area (Å²) in [6.45, 7) is 13.8. The monoisotopic (exact) mass is 318 g/mol. The smallest absolute Gasteiger partial charge is 0.408 e. The van der Waals surface area contributed by atoms with Gasteiger partial charge in [-0.15, -0.1) is 0 Å². The Balaban J connectivity index is 4.26. The second kappa shape index (κ2) is 10.3. The Labute approximate surface area is 135 Å². The molecule has 5 heteroatoms. The van der Waals surface area contributed by atoms with Crippen molar-refractivity contribution < 1.29 is 9.53 Å². The van der Waals surface area contributed by atoms with Gasteiger partial charge < -0.3 is 15.4 Å². The van der Waals surface area contributed by atoms with Crippen LogP contribution in [0.25, 0.3) is 0 Å².